The molecule has 0 bridgehead atoms. The minimum atomic E-state index is -3.26. The molecule has 0 unspecified atom stereocenters. The van der Waals surface area contributed by atoms with E-state index < -0.39 is 10.0 Å². The Kier molecular flexibility index (Phi) is 7.40. The molecule has 1 heterocycles. The van der Waals surface area contributed by atoms with E-state index in [9.17, 15) is 13.2 Å². The number of likely N-dealkylation sites (N-methyl/N-ethyl adjacent to an activating group) is 1. The number of carbonyl (C=O) groups is 1. The summed E-state index contributed by atoms with van der Waals surface area (Å²) in [5, 5.41) is 2.94. The van der Waals surface area contributed by atoms with Crippen LogP contribution in [0, 0.1) is 5.92 Å². The van der Waals surface area contributed by atoms with Crippen molar-refractivity contribution in [2.45, 2.75) is 19.3 Å². The van der Waals surface area contributed by atoms with Crippen molar-refractivity contribution in [3.63, 3.8) is 0 Å². The highest BCUT2D eigenvalue weighted by molar-refractivity contribution is 7.89. The molecule has 1 aromatic carbocycles. The average Bonchev–Trinajstić information content (AvgIpc) is 2.61. The number of aryl methyl sites for hydroxylation is 1. The van der Waals surface area contributed by atoms with E-state index in [1.54, 1.807) is 4.31 Å². The van der Waals surface area contributed by atoms with E-state index in [1.807, 2.05) is 49.3 Å². The summed E-state index contributed by atoms with van der Waals surface area (Å²) in [6, 6.07) is 9.65. The van der Waals surface area contributed by atoms with Gasteiger partial charge in [-0.2, -0.15) is 0 Å². The molecule has 0 aromatic heterocycles. The topological polar surface area (TPSA) is 69.7 Å². The van der Waals surface area contributed by atoms with Gasteiger partial charge in [0.2, 0.25) is 15.9 Å². The van der Waals surface area contributed by atoms with E-state index in [1.165, 1.54) is 0 Å². The Morgan fingerprint density at radius 3 is 2.44 bits per heavy atom. The van der Waals surface area contributed by atoms with Crippen LogP contribution >= 0.6 is 0 Å². The van der Waals surface area contributed by atoms with Crippen LogP contribution < -0.4 is 5.32 Å². The number of carbonyl (C=O) groups excluding carboxylic acids is 1. The molecule has 0 spiro atoms. The Hall–Kier alpha value is -1.44. The molecule has 1 N–H and O–H groups in total. The highest BCUT2D eigenvalue weighted by Crippen LogP contribution is 2.20. The SMILES string of the molecule is CN(C)CCNC(=O)C1CCN(S(=O)(=O)CCc2ccccc2)CC1. The Morgan fingerprint density at radius 2 is 1.84 bits per heavy atom. The third-order valence-corrected chi connectivity index (χ3v) is 6.44. The fourth-order valence-corrected chi connectivity index (χ4v) is 4.48. The number of benzene rings is 1. The fraction of sp³-hybridized carbons (Fsp3) is 0.611. The van der Waals surface area contributed by atoms with Crippen LogP contribution in [0.1, 0.15) is 18.4 Å². The van der Waals surface area contributed by atoms with Gasteiger partial charge in [-0.3, -0.25) is 4.79 Å². The third-order valence-electron chi connectivity index (χ3n) is 4.57. The lowest BCUT2D eigenvalue weighted by Crippen LogP contribution is -2.44. The molecule has 0 radical (unpaired) electrons. The van der Waals surface area contributed by atoms with E-state index >= 15 is 0 Å². The number of piperidine rings is 1. The minimum absolute atomic E-state index is 0.0446. The lowest BCUT2D eigenvalue weighted by Gasteiger charge is -2.30. The Bertz CT molecular complexity index is 639. The predicted molar refractivity (Wildman–Crippen MR) is 99.8 cm³/mol. The number of nitrogens with zero attached hydrogens (tertiary/aromatic N) is 2. The summed E-state index contributed by atoms with van der Waals surface area (Å²) in [6.45, 7) is 2.30. The monoisotopic (exact) mass is 367 g/mol. The maximum atomic E-state index is 12.5. The quantitative estimate of drug-likeness (QED) is 0.743. The second kappa shape index (κ2) is 9.31. The van der Waals surface area contributed by atoms with E-state index in [0.717, 1.165) is 12.1 Å². The van der Waals surface area contributed by atoms with Gasteiger partial charge in [-0.1, -0.05) is 30.3 Å². The van der Waals surface area contributed by atoms with Crippen LogP contribution in [0.15, 0.2) is 30.3 Å². The van der Waals surface area contributed by atoms with Gasteiger partial charge in [0.05, 0.1) is 5.75 Å². The van der Waals surface area contributed by atoms with Crippen LogP contribution in [0.4, 0.5) is 0 Å². The zero-order valence-electron chi connectivity index (χ0n) is 15.1. The largest absolute Gasteiger partial charge is 0.355 e. The molecule has 6 nitrogen and oxygen atoms in total. The van der Waals surface area contributed by atoms with E-state index in [0.29, 0.717) is 38.9 Å². The molecule has 1 aromatic rings. The van der Waals surface area contributed by atoms with E-state index in [-0.39, 0.29) is 17.6 Å². The lowest BCUT2D eigenvalue weighted by molar-refractivity contribution is -0.126. The van der Waals surface area contributed by atoms with Crippen molar-refractivity contribution in [1.82, 2.24) is 14.5 Å². The molecular formula is C18H29N3O3S. The standard InChI is InChI=1S/C18H29N3O3S/c1-20(2)14-11-19-18(22)17-8-12-21(13-9-17)25(23,24)15-10-16-6-4-3-5-7-16/h3-7,17H,8-15H2,1-2H3,(H,19,22). The Morgan fingerprint density at radius 1 is 1.20 bits per heavy atom. The van der Waals surface area contributed by atoms with Gasteiger partial charge in [-0.05, 0) is 38.9 Å². The number of hydrogen-bond acceptors (Lipinski definition) is 4. The first-order valence-electron chi connectivity index (χ1n) is 8.82. The van der Waals surface area contributed by atoms with Crippen molar-refractivity contribution < 1.29 is 13.2 Å². The Labute approximate surface area is 151 Å². The van der Waals surface area contributed by atoms with Gasteiger partial charge in [0.15, 0.2) is 0 Å². The fourth-order valence-electron chi connectivity index (χ4n) is 2.96. The molecule has 25 heavy (non-hydrogen) atoms. The number of nitrogens with one attached hydrogen (secondary N) is 1. The molecule has 140 valence electrons. The number of rotatable bonds is 8. The smallest absolute Gasteiger partial charge is 0.223 e. The van der Waals surface area contributed by atoms with Gasteiger partial charge >= 0.3 is 0 Å². The molecule has 1 fully saturated rings. The molecule has 1 aliphatic rings. The molecule has 0 aliphatic carbocycles. The molecule has 0 atom stereocenters. The van der Waals surface area contributed by atoms with Crippen LogP contribution in [0.2, 0.25) is 0 Å². The van der Waals surface area contributed by atoms with Crippen molar-refractivity contribution in [3.8, 4) is 0 Å². The number of hydrogen-bond donors (Lipinski definition) is 1. The summed E-state index contributed by atoms with van der Waals surface area (Å²) in [7, 11) is 0.663. The second-order valence-corrected chi connectivity index (χ2v) is 8.91. The first kappa shape index (κ1) is 19.9. The van der Waals surface area contributed by atoms with Crippen molar-refractivity contribution in [3.05, 3.63) is 35.9 Å². The molecule has 1 aliphatic heterocycles. The van der Waals surface area contributed by atoms with Crippen molar-refractivity contribution >= 4 is 15.9 Å². The maximum absolute atomic E-state index is 12.5. The van der Waals surface area contributed by atoms with Crippen molar-refractivity contribution in [2.75, 3.05) is 46.0 Å². The predicted octanol–water partition coefficient (Wildman–Crippen LogP) is 0.949. The minimum Gasteiger partial charge on any atom is -0.355 e. The van der Waals surface area contributed by atoms with Crippen LogP contribution in [-0.4, -0.2) is 69.6 Å². The highest BCUT2D eigenvalue weighted by Gasteiger charge is 2.30. The van der Waals surface area contributed by atoms with Gasteiger partial charge in [-0.15, -0.1) is 0 Å². The van der Waals surface area contributed by atoms with Crippen molar-refractivity contribution in [1.29, 1.82) is 0 Å². The van der Waals surface area contributed by atoms with Crippen LogP contribution in [-0.2, 0) is 21.2 Å². The Balaban J connectivity index is 1.77. The van der Waals surface area contributed by atoms with Gasteiger partial charge in [-0.25, -0.2) is 12.7 Å². The molecule has 0 saturated carbocycles. The van der Waals surface area contributed by atoms with Gasteiger partial charge in [0.25, 0.3) is 0 Å². The summed E-state index contributed by atoms with van der Waals surface area (Å²) in [5.41, 5.74) is 1.03. The molecular weight excluding hydrogens is 338 g/mol. The first-order chi connectivity index (χ1) is 11.9. The van der Waals surface area contributed by atoms with Gasteiger partial charge < -0.3 is 10.2 Å². The summed E-state index contributed by atoms with van der Waals surface area (Å²) < 4.78 is 26.5. The van der Waals surface area contributed by atoms with Crippen molar-refractivity contribution in [2.24, 2.45) is 5.92 Å². The second-order valence-electron chi connectivity index (χ2n) is 6.82. The maximum Gasteiger partial charge on any atom is 0.223 e. The van der Waals surface area contributed by atoms with Gasteiger partial charge in [0.1, 0.15) is 0 Å². The molecule has 2 rings (SSSR count). The van der Waals surface area contributed by atoms with E-state index in [2.05, 4.69) is 5.32 Å². The summed E-state index contributed by atoms with van der Waals surface area (Å²) in [6.07, 6.45) is 1.71. The zero-order chi connectivity index (χ0) is 18.3. The van der Waals surface area contributed by atoms with Crippen LogP contribution in [0.3, 0.4) is 0 Å². The third kappa shape index (κ3) is 6.41. The average molecular weight is 368 g/mol. The summed E-state index contributed by atoms with van der Waals surface area (Å²) in [4.78, 5) is 14.2. The summed E-state index contributed by atoms with van der Waals surface area (Å²) >= 11 is 0. The van der Waals surface area contributed by atoms with Crippen LogP contribution in [0.25, 0.3) is 0 Å². The molecule has 1 saturated heterocycles. The normalized spacial score (nSPS) is 16.9. The number of sulfonamides is 1. The highest BCUT2D eigenvalue weighted by atomic mass is 32.2. The lowest BCUT2D eigenvalue weighted by atomic mass is 9.97. The van der Waals surface area contributed by atoms with Crippen LogP contribution in [0.5, 0.6) is 0 Å². The number of amides is 1. The zero-order valence-corrected chi connectivity index (χ0v) is 16.0. The van der Waals surface area contributed by atoms with E-state index in [4.69, 9.17) is 0 Å². The molecule has 7 heteroatoms. The molecule has 1 amide bonds. The first-order valence-corrected chi connectivity index (χ1v) is 10.4. The summed E-state index contributed by atoms with van der Waals surface area (Å²) in [5.74, 6) is 0.0856. The van der Waals surface area contributed by atoms with Gasteiger partial charge in [0, 0.05) is 32.1 Å².